The predicted octanol–water partition coefficient (Wildman–Crippen LogP) is 12.9. The van der Waals surface area contributed by atoms with E-state index in [2.05, 4.69) is 148 Å². The third-order valence-electron chi connectivity index (χ3n) is 14.1. The fourth-order valence-electron chi connectivity index (χ4n) is 12.0. The van der Waals surface area contributed by atoms with Gasteiger partial charge in [0.1, 0.15) is 0 Å². The molecule has 1 nitrogen and oxygen atoms in total. The van der Waals surface area contributed by atoms with Gasteiger partial charge >= 0.3 is 0 Å². The standard InChI is InChI=1S/C48H49N/c1-46(2)22-23-47(3,4)45-42(46)16-11-17-44(45)49(37-14-9-6-10-15-37)38-19-20-39-40-29-34(33-12-7-5-8-13-33)18-21-41(40)48(43(39)30-38)35-25-31-24-32(27-35)28-36(48)26-31/h5-21,29-32,35-36H,22-28H2,1-4H3. The van der Waals surface area contributed by atoms with E-state index in [4.69, 9.17) is 0 Å². The van der Waals surface area contributed by atoms with Crippen LogP contribution in [0.3, 0.4) is 0 Å². The second kappa shape index (κ2) is 10.5. The summed E-state index contributed by atoms with van der Waals surface area (Å²) >= 11 is 0. The molecule has 0 heterocycles. The molecule has 6 aliphatic carbocycles. The van der Waals surface area contributed by atoms with Crippen LogP contribution in [0.4, 0.5) is 17.1 Å². The van der Waals surface area contributed by atoms with Gasteiger partial charge < -0.3 is 4.90 Å². The van der Waals surface area contributed by atoms with E-state index in [0.717, 1.165) is 23.7 Å². The minimum Gasteiger partial charge on any atom is -0.310 e. The molecule has 5 aromatic rings. The average Bonchev–Trinajstić information content (AvgIpc) is 3.39. The van der Waals surface area contributed by atoms with Crippen molar-refractivity contribution in [2.75, 3.05) is 4.90 Å². The largest absolute Gasteiger partial charge is 0.310 e. The molecule has 4 saturated carbocycles. The molecular weight excluding hydrogens is 591 g/mol. The summed E-state index contributed by atoms with van der Waals surface area (Å²) in [5.41, 5.74) is 16.2. The van der Waals surface area contributed by atoms with Crippen molar-refractivity contribution in [3.8, 4) is 22.3 Å². The van der Waals surface area contributed by atoms with Crippen LogP contribution >= 0.6 is 0 Å². The molecule has 4 bridgehead atoms. The van der Waals surface area contributed by atoms with E-state index in [-0.39, 0.29) is 16.2 Å². The fourth-order valence-corrected chi connectivity index (χ4v) is 12.0. The van der Waals surface area contributed by atoms with E-state index in [1.54, 1.807) is 11.1 Å². The van der Waals surface area contributed by atoms with Crippen molar-refractivity contribution in [2.45, 2.75) is 88.9 Å². The van der Waals surface area contributed by atoms with Crippen LogP contribution in [0.5, 0.6) is 0 Å². The highest BCUT2D eigenvalue weighted by molar-refractivity contribution is 5.89. The quantitative estimate of drug-likeness (QED) is 0.189. The van der Waals surface area contributed by atoms with E-state index in [9.17, 15) is 0 Å². The van der Waals surface area contributed by atoms with E-state index in [0.29, 0.717) is 0 Å². The molecule has 0 atom stereocenters. The maximum atomic E-state index is 2.67. The molecule has 0 amide bonds. The lowest BCUT2D eigenvalue weighted by Crippen LogP contribution is -2.55. The number of nitrogens with zero attached hydrogens (tertiary/aromatic N) is 1. The number of fused-ring (bicyclic) bond motifs is 4. The minimum absolute atomic E-state index is 0.0952. The molecule has 0 aliphatic heterocycles. The Bertz CT molecular complexity index is 2060. The van der Waals surface area contributed by atoms with Gasteiger partial charge in [-0.3, -0.25) is 0 Å². The lowest BCUT2D eigenvalue weighted by atomic mass is 9.43. The Morgan fingerprint density at radius 3 is 1.88 bits per heavy atom. The Hall–Kier alpha value is -4.10. The summed E-state index contributed by atoms with van der Waals surface area (Å²) in [6, 6.07) is 44.5. The van der Waals surface area contributed by atoms with Gasteiger partial charge in [-0.05, 0) is 160 Å². The number of anilines is 3. The van der Waals surface area contributed by atoms with Gasteiger partial charge in [-0.1, -0.05) is 107 Å². The first-order valence-corrected chi connectivity index (χ1v) is 19.1. The SMILES string of the molecule is CC1(C)CCC(C)(C)c2c(N(c3ccccc3)c3ccc4c(c3)C3(c5ccc(-c6ccccc6)cc5-4)C4CC5CC(C4)CC3C5)cccc21. The number of hydrogen-bond acceptors (Lipinski definition) is 1. The predicted molar refractivity (Wildman–Crippen MR) is 205 cm³/mol. The van der Waals surface area contributed by atoms with E-state index >= 15 is 0 Å². The highest BCUT2D eigenvalue weighted by Crippen LogP contribution is 2.70. The normalized spacial score (nSPS) is 27.8. The lowest BCUT2D eigenvalue weighted by Gasteiger charge is -2.61. The van der Waals surface area contributed by atoms with Gasteiger partial charge in [-0.2, -0.15) is 0 Å². The van der Waals surface area contributed by atoms with Crippen molar-refractivity contribution in [1.29, 1.82) is 0 Å². The maximum Gasteiger partial charge on any atom is 0.0502 e. The number of hydrogen-bond donors (Lipinski definition) is 0. The van der Waals surface area contributed by atoms with Gasteiger partial charge in [0.25, 0.3) is 0 Å². The van der Waals surface area contributed by atoms with Crippen molar-refractivity contribution < 1.29 is 0 Å². The summed E-state index contributed by atoms with van der Waals surface area (Å²) in [5.74, 6) is 3.32. The van der Waals surface area contributed by atoms with Crippen LogP contribution in [0.15, 0.2) is 115 Å². The van der Waals surface area contributed by atoms with Crippen molar-refractivity contribution >= 4 is 17.1 Å². The first-order chi connectivity index (χ1) is 23.7. The van der Waals surface area contributed by atoms with Gasteiger partial charge in [0.15, 0.2) is 0 Å². The van der Waals surface area contributed by atoms with Crippen molar-refractivity contribution in [1.82, 2.24) is 0 Å². The van der Waals surface area contributed by atoms with Gasteiger partial charge in [0.05, 0.1) is 5.69 Å². The van der Waals surface area contributed by atoms with Crippen LogP contribution in [0, 0.1) is 23.7 Å². The molecule has 5 aromatic carbocycles. The van der Waals surface area contributed by atoms with E-state index in [1.165, 1.54) is 95.4 Å². The highest BCUT2D eigenvalue weighted by atomic mass is 15.1. The molecule has 6 aliphatic rings. The van der Waals surface area contributed by atoms with E-state index in [1.807, 2.05) is 0 Å². The topological polar surface area (TPSA) is 3.24 Å². The maximum absolute atomic E-state index is 2.67. The summed E-state index contributed by atoms with van der Waals surface area (Å²) in [4.78, 5) is 2.62. The number of para-hydroxylation sites is 1. The zero-order valence-corrected chi connectivity index (χ0v) is 29.7. The van der Waals surface area contributed by atoms with Crippen molar-refractivity contribution in [3.63, 3.8) is 0 Å². The highest BCUT2D eigenvalue weighted by Gasteiger charge is 2.61. The smallest absolute Gasteiger partial charge is 0.0502 e. The summed E-state index contributed by atoms with van der Waals surface area (Å²) in [5, 5.41) is 0. The van der Waals surface area contributed by atoms with Gasteiger partial charge in [-0.15, -0.1) is 0 Å². The van der Waals surface area contributed by atoms with Crippen LogP contribution in [0.25, 0.3) is 22.3 Å². The first kappa shape index (κ1) is 29.8. The molecule has 0 unspecified atom stereocenters. The van der Waals surface area contributed by atoms with Gasteiger partial charge in [0, 0.05) is 16.8 Å². The monoisotopic (exact) mass is 639 g/mol. The molecular formula is C48H49N. The molecule has 246 valence electrons. The molecule has 0 N–H and O–H groups in total. The second-order valence-corrected chi connectivity index (χ2v) is 17.7. The summed E-state index contributed by atoms with van der Waals surface area (Å²) < 4.78 is 0. The zero-order valence-electron chi connectivity index (χ0n) is 29.7. The third-order valence-corrected chi connectivity index (χ3v) is 14.1. The number of rotatable bonds is 4. The molecule has 0 radical (unpaired) electrons. The summed E-state index contributed by atoms with van der Waals surface area (Å²) in [7, 11) is 0. The van der Waals surface area contributed by atoms with E-state index < -0.39 is 0 Å². The summed E-state index contributed by atoms with van der Waals surface area (Å²) in [6.45, 7) is 9.84. The first-order valence-electron chi connectivity index (χ1n) is 19.1. The van der Waals surface area contributed by atoms with Crippen LogP contribution < -0.4 is 4.90 Å². The van der Waals surface area contributed by atoms with Gasteiger partial charge in [0.2, 0.25) is 0 Å². The van der Waals surface area contributed by atoms with Crippen LogP contribution in [-0.2, 0) is 16.2 Å². The Balaban J connectivity index is 1.21. The number of benzene rings is 5. The molecule has 0 aromatic heterocycles. The third kappa shape index (κ3) is 4.24. The second-order valence-electron chi connectivity index (χ2n) is 17.7. The molecule has 4 fully saturated rings. The Morgan fingerprint density at radius 1 is 0.490 bits per heavy atom. The molecule has 1 heteroatoms. The van der Waals surface area contributed by atoms with Crippen LogP contribution in [0.2, 0.25) is 0 Å². The molecule has 49 heavy (non-hydrogen) atoms. The molecule has 0 saturated heterocycles. The van der Waals surface area contributed by atoms with Crippen molar-refractivity contribution in [2.24, 2.45) is 23.7 Å². The Kier molecular flexibility index (Phi) is 6.36. The zero-order chi connectivity index (χ0) is 33.1. The Labute approximate surface area is 293 Å². The van der Waals surface area contributed by atoms with Crippen molar-refractivity contribution in [3.05, 3.63) is 138 Å². The minimum atomic E-state index is 0.0952. The molecule has 11 rings (SSSR count). The summed E-state index contributed by atoms with van der Waals surface area (Å²) in [6.07, 6.45) is 9.48. The van der Waals surface area contributed by atoms with Crippen LogP contribution in [-0.4, -0.2) is 0 Å². The van der Waals surface area contributed by atoms with Crippen LogP contribution in [0.1, 0.15) is 94.9 Å². The Morgan fingerprint density at radius 2 is 1.16 bits per heavy atom. The lowest BCUT2D eigenvalue weighted by molar-refractivity contribution is -0.0399. The average molecular weight is 640 g/mol. The fraction of sp³-hybridized carbons (Fsp3) is 0.375. The molecule has 1 spiro atoms. The van der Waals surface area contributed by atoms with Gasteiger partial charge in [-0.25, -0.2) is 0 Å².